The predicted octanol–water partition coefficient (Wildman–Crippen LogP) is 4.09. The van der Waals surface area contributed by atoms with Crippen molar-refractivity contribution in [3.8, 4) is 11.5 Å². The van der Waals surface area contributed by atoms with Gasteiger partial charge in [0.15, 0.2) is 0 Å². The van der Waals surface area contributed by atoms with E-state index in [1.54, 1.807) is 42.6 Å². The Bertz CT molecular complexity index is 1410. The van der Waals surface area contributed by atoms with Crippen LogP contribution in [0, 0.1) is 0 Å². The lowest BCUT2D eigenvalue weighted by atomic mass is 10.2. The predicted molar refractivity (Wildman–Crippen MR) is 149 cm³/mol. The Morgan fingerprint density at radius 3 is 2.59 bits per heavy atom. The van der Waals surface area contributed by atoms with Gasteiger partial charge in [-0.3, -0.25) is 9.59 Å². The average molecular weight is 594 g/mol. The van der Waals surface area contributed by atoms with Gasteiger partial charge >= 0.3 is 6.11 Å². The van der Waals surface area contributed by atoms with Gasteiger partial charge in [0, 0.05) is 43.5 Å². The highest BCUT2D eigenvalue weighted by molar-refractivity contribution is 6.30. The molecular formula is C28H31ClF3N5O4. The van der Waals surface area contributed by atoms with Crippen LogP contribution in [0.5, 0.6) is 11.5 Å². The van der Waals surface area contributed by atoms with Gasteiger partial charge in [0.25, 0.3) is 11.5 Å². The number of pyridine rings is 1. The third kappa shape index (κ3) is 11.1. The number of hydrogen-bond donors (Lipinski definition) is 3. The van der Waals surface area contributed by atoms with Crippen LogP contribution in [-0.2, 0) is 24.5 Å². The molecule has 0 saturated carbocycles. The molecule has 41 heavy (non-hydrogen) atoms. The van der Waals surface area contributed by atoms with Crippen LogP contribution in [0.1, 0.15) is 24.5 Å². The SMILES string of the molecule is CC(F)(F)Oc1cccc(CNC(=O)/C(N)=C/N(N)CC(F)CCn2ccc(COc3cccc(Cl)c3)cc2=O)c1. The second-order valence-electron chi connectivity index (χ2n) is 9.22. The molecule has 0 fully saturated rings. The van der Waals surface area contributed by atoms with Crippen LogP contribution >= 0.6 is 11.6 Å². The average Bonchev–Trinajstić information content (AvgIpc) is 2.89. The first kappa shape index (κ1) is 31.4. The van der Waals surface area contributed by atoms with Crippen LogP contribution in [0.25, 0.3) is 0 Å². The Labute approximate surface area is 240 Å². The minimum Gasteiger partial charge on any atom is -0.489 e. The number of aromatic nitrogens is 1. The fraction of sp³-hybridized carbons (Fsp3) is 0.286. The number of nitrogens with one attached hydrogen (secondary N) is 1. The summed E-state index contributed by atoms with van der Waals surface area (Å²) >= 11 is 5.93. The minimum absolute atomic E-state index is 0.0128. The van der Waals surface area contributed by atoms with Crippen molar-refractivity contribution in [2.75, 3.05) is 6.54 Å². The molecule has 13 heteroatoms. The monoisotopic (exact) mass is 593 g/mol. The fourth-order valence-corrected chi connectivity index (χ4v) is 3.83. The van der Waals surface area contributed by atoms with Crippen molar-refractivity contribution >= 4 is 17.5 Å². The Morgan fingerprint density at radius 1 is 1.15 bits per heavy atom. The number of alkyl halides is 3. The van der Waals surface area contributed by atoms with Gasteiger partial charge in [-0.05, 0) is 53.9 Å². The summed E-state index contributed by atoms with van der Waals surface area (Å²) in [4.78, 5) is 24.7. The van der Waals surface area contributed by atoms with Crippen molar-refractivity contribution < 1.29 is 27.4 Å². The number of halogens is 4. The Balaban J connectivity index is 1.43. The van der Waals surface area contributed by atoms with Gasteiger partial charge < -0.3 is 30.1 Å². The maximum atomic E-state index is 14.6. The summed E-state index contributed by atoms with van der Waals surface area (Å²) in [7, 11) is 0. The van der Waals surface area contributed by atoms with Crippen molar-refractivity contribution in [1.29, 1.82) is 0 Å². The van der Waals surface area contributed by atoms with Crippen LogP contribution in [0.15, 0.2) is 83.6 Å². The maximum Gasteiger partial charge on any atom is 0.394 e. The number of carbonyl (C=O) groups is 1. The number of nitrogens with two attached hydrogens (primary N) is 2. The van der Waals surface area contributed by atoms with E-state index in [0.717, 1.165) is 11.2 Å². The van der Waals surface area contributed by atoms with Crippen LogP contribution in [0.3, 0.4) is 0 Å². The molecule has 1 amide bonds. The number of nitrogens with zero attached hydrogens (tertiary/aromatic N) is 2. The van der Waals surface area contributed by atoms with Gasteiger partial charge in [-0.2, -0.15) is 8.78 Å². The Kier molecular flexibility index (Phi) is 11.1. The van der Waals surface area contributed by atoms with Crippen LogP contribution < -0.4 is 31.9 Å². The molecule has 1 atom stereocenters. The zero-order valence-electron chi connectivity index (χ0n) is 22.2. The molecule has 0 aliphatic rings. The molecule has 0 aliphatic carbocycles. The topological polar surface area (TPSA) is 125 Å². The molecule has 2 aromatic carbocycles. The lowest BCUT2D eigenvalue weighted by molar-refractivity contribution is -0.159. The zero-order valence-corrected chi connectivity index (χ0v) is 23.0. The zero-order chi connectivity index (χ0) is 30.0. The molecule has 5 N–H and O–H groups in total. The van der Waals surface area contributed by atoms with Crippen molar-refractivity contribution in [1.82, 2.24) is 14.9 Å². The largest absolute Gasteiger partial charge is 0.489 e. The number of hydrazine groups is 1. The molecule has 0 spiro atoms. The van der Waals surface area contributed by atoms with Crippen molar-refractivity contribution in [3.63, 3.8) is 0 Å². The molecule has 0 radical (unpaired) electrons. The third-order valence-electron chi connectivity index (χ3n) is 5.57. The normalized spacial score (nSPS) is 12.5. The lowest BCUT2D eigenvalue weighted by Gasteiger charge is -2.18. The molecule has 9 nitrogen and oxygen atoms in total. The molecule has 1 unspecified atom stereocenters. The summed E-state index contributed by atoms with van der Waals surface area (Å²) in [5.41, 5.74) is 6.32. The van der Waals surface area contributed by atoms with E-state index in [9.17, 15) is 22.8 Å². The smallest absolute Gasteiger partial charge is 0.394 e. The number of ether oxygens (including phenoxy) is 2. The van der Waals surface area contributed by atoms with Crippen molar-refractivity contribution in [3.05, 3.63) is 105 Å². The van der Waals surface area contributed by atoms with Gasteiger partial charge in [0.2, 0.25) is 0 Å². The number of amides is 1. The van der Waals surface area contributed by atoms with Gasteiger partial charge in [0.1, 0.15) is 30.0 Å². The molecule has 0 aliphatic heterocycles. The highest BCUT2D eigenvalue weighted by Gasteiger charge is 2.23. The maximum absolute atomic E-state index is 14.6. The molecule has 3 aromatic rings. The van der Waals surface area contributed by atoms with Gasteiger partial charge in [-0.15, -0.1) is 0 Å². The van der Waals surface area contributed by atoms with E-state index in [0.29, 0.717) is 28.8 Å². The lowest BCUT2D eigenvalue weighted by Crippen LogP contribution is -2.36. The molecular weight excluding hydrogens is 563 g/mol. The first-order valence-corrected chi connectivity index (χ1v) is 12.9. The summed E-state index contributed by atoms with van der Waals surface area (Å²) in [5, 5.41) is 4.00. The highest BCUT2D eigenvalue weighted by Crippen LogP contribution is 2.22. The van der Waals surface area contributed by atoms with E-state index in [1.165, 1.54) is 28.8 Å². The molecule has 1 heterocycles. The van der Waals surface area contributed by atoms with Gasteiger partial charge in [-0.1, -0.05) is 29.8 Å². The second kappa shape index (κ2) is 14.5. The minimum atomic E-state index is -3.34. The van der Waals surface area contributed by atoms with Crippen LogP contribution in [0.4, 0.5) is 13.2 Å². The summed E-state index contributed by atoms with van der Waals surface area (Å²) in [5.74, 6) is 5.61. The quantitative estimate of drug-likeness (QED) is 0.146. The standard InChI is InChI=1S/C28H31ClF3N5O4/c1-28(31,32)41-24-7-2-4-19(12-24)15-35-27(39)25(33)17-37(34)16-22(30)9-11-36-10-8-20(13-26(36)38)18-40-23-6-3-5-21(29)14-23/h2-8,10,12-14,17,22H,9,11,15-16,18,33-34H2,1H3,(H,35,39)/b25-17-. The first-order chi connectivity index (χ1) is 19.4. The first-order valence-electron chi connectivity index (χ1n) is 12.5. The van der Waals surface area contributed by atoms with Crippen molar-refractivity contribution in [2.45, 2.75) is 45.3 Å². The van der Waals surface area contributed by atoms with Gasteiger partial charge in [-0.25, -0.2) is 10.2 Å². The van der Waals surface area contributed by atoms with E-state index in [2.05, 4.69) is 10.1 Å². The highest BCUT2D eigenvalue weighted by atomic mass is 35.5. The van der Waals surface area contributed by atoms with Crippen LogP contribution in [0.2, 0.25) is 5.02 Å². The van der Waals surface area contributed by atoms with Gasteiger partial charge in [0.05, 0.1) is 6.54 Å². The Morgan fingerprint density at radius 2 is 1.88 bits per heavy atom. The van der Waals surface area contributed by atoms with Crippen LogP contribution in [-0.4, -0.2) is 34.3 Å². The third-order valence-corrected chi connectivity index (χ3v) is 5.81. The molecule has 0 bridgehead atoms. The summed E-state index contributed by atoms with van der Waals surface area (Å²) in [6.07, 6.45) is -2.14. The number of rotatable bonds is 14. The van der Waals surface area contributed by atoms with E-state index < -0.39 is 18.2 Å². The molecule has 220 valence electrons. The van der Waals surface area contributed by atoms with E-state index in [1.807, 2.05) is 0 Å². The van der Waals surface area contributed by atoms with Crippen molar-refractivity contribution in [2.24, 2.45) is 11.6 Å². The molecule has 1 aromatic heterocycles. The summed E-state index contributed by atoms with van der Waals surface area (Å²) in [6.45, 7) is 0.598. The van der Waals surface area contributed by atoms with E-state index in [-0.39, 0.29) is 49.7 Å². The van der Waals surface area contributed by atoms with E-state index >= 15 is 0 Å². The number of hydrogen-bond acceptors (Lipinski definition) is 7. The number of aryl methyl sites for hydroxylation is 1. The molecule has 0 saturated heterocycles. The second-order valence-corrected chi connectivity index (χ2v) is 9.66. The fourth-order valence-electron chi connectivity index (χ4n) is 3.65. The summed E-state index contributed by atoms with van der Waals surface area (Å²) in [6, 6.07) is 15.8. The van der Waals surface area contributed by atoms with E-state index in [4.69, 9.17) is 27.9 Å². The number of carbonyl (C=O) groups excluding carboxylic acids is 1. The number of benzene rings is 2. The molecule has 3 rings (SSSR count). The Hall–Kier alpha value is -4.16. The summed E-state index contributed by atoms with van der Waals surface area (Å²) < 4.78 is 52.2.